The van der Waals surface area contributed by atoms with E-state index < -0.39 is 16.0 Å². The van der Waals surface area contributed by atoms with Crippen LogP contribution in [0.25, 0.3) is 0 Å². The van der Waals surface area contributed by atoms with Gasteiger partial charge in [0.25, 0.3) is 0 Å². The number of ether oxygens (including phenoxy) is 1. The number of carbonyl (C=O) groups is 1. The molecule has 6 nitrogen and oxygen atoms in total. The molecule has 7 heteroatoms. The van der Waals surface area contributed by atoms with Gasteiger partial charge in [-0.3, -0.25) is 0 Å². The fraction of sp³-hybridized carbons (Fsp3) is 0.500. The van der Waals surface area contributed by atoms with E-state index in [2.05, 4.69) is 14.8 Å². The van der Waals surface area contributed by atoms with E-state index >= 15 is 0 Å². The Morgan fingerprint density at radius 1 is 1.29 bits per heavy atom. The maximum atomic E-state index is 12.2. The minimum atomic E-state index is -3.53. The lowest BCUT2D eigenvalue weighted by Gasteiger charge is -2.22. The summed E-state index contributed by atoms with van der Waals surface area (Å²) in [6, 6.07) is 5.73. The first-order chi connectivity index (χ1) is 10.0. The lowest BCUT2D eigenvalue weighted by atomic mass is 9.99. The molecule has 1 aliphatic rings. The Bertz CT molecular complexity index is 577. The van der Waals surface area contributed by atoms with Gasteiger partial charge in [0.15, 0.2) is 0 Å². The smallest absolute Gasteiger partial charge is 0.337 e. The molecule has 2 N–H and O–H groups in total. The summed E-state index contributed by atoms with van der Waals surface area (Å²) in [4.78, 5) is 11.5. The molecule has 0 unspecified atom stereocenters. The van der Waals surface area contributed by atoms with Gasteiger partial charge < -0.3 is 10.1 Å². The molecule has 0 saturated carbocycles. The van der Waals surface area contributed by atoms with Crippen molar-refractivity contribution in [1.82, 2.24) is 10.0 Å². The van der Waals surface area contributed by atoms with E-state index in [0.29, 0.717) is 18.0 Å². The van der Waals surface area contributed by atoms with Gasteiger partial charge in [-0.25, -0.2) is 17.9 Å². The van der Waals surface area contributed by atoms with Gasteiger partial charge in [0, 0.05) is 6.54 Å². The van der Waals surface area contributed by atoms with Gasteiger partial charge in [-0.1, -0.05) is 0 Å². The van der Waals surface area contributed by atoms with E-state index in [1.807, 2.05) is 0 Å². The quantitative estimate of drug-likeness (QED) is 0.784. The van der Waals surface area contributed by atoms with Crippen molar-refractivity contribution in [3.63, 3.8) is 0 Å². The van der Waals surface area contributed by atoms with E-state index in [9.17, 15) is 13.2 Å². The predicted octanol–water partition coefficient (Wildman–Crippen LogP) is 0.751. The molecule has 2 rings (SSSR count). The Kier molecular flexibility index (Phi) is 5.33. The standard InChI is InChI=1S/C14H20N2O4S/c1-20-14(17)12-2-4-13(5-3-12)21(18,19)16-10-11-6-8-15-9-7-11/h2-5,11,15-16H,6-10H2,1H3. The Balaban J connectivity index is 1.99. The predicted molar refractivity (Wildman–Crippen MR) is 78.6 cm³/mol. The topological polar surface area (TPSA) is 84.5 Å². The third kappa shape index (κ3) is 4.26. The first-order valence-corrected chi connectivity index (χ1v) is 8.40. The van der Waals surface area contributed by atoms with Crippen LogP contribution in [-0.2, 0) is 14.8 Å². The Hall–Kier alpha value is -1.44. The minimum absolute atomic E-state index is 0.157. The SMILES string of the molecule is COC(=O)c1ccc(S(=O)(=O)NCC2CCNCC2)cc1. The average Bonchev–Trinajstić information content (AvgIpc) is 2.53. The summed E-state index contributed by atoms with van der Waals surface area (Å²) < 4.78 is 31.6. The van der Waals surface area contributed by atoms with Crippen LogP contribution in [0.4, 0.5) is 0 Å². The maximum Gasteiger partial charge on any atom is 0.337 e. The highest BCUT2D eigenvalue weighted by molar-refractivity contribution is 7.89. The van der Waals surface area contributed by atoms with Crippen LogP contribution < -0.4 is 10.0 Å². The highest BCUT2D eigenvalue weighted by atomic mass is 32.2. The van der Waals surface area contributed by atoms with Gasteiger partial charge in [0.2, 0.25) is 10.0 Å². The van der Waals surface area contributed by atoms with E-state index in [-0.39, 0.29) is 4.90 Å². The van der Waals surface area contributed by atoms with E-state index in [1.165, 1.54) is 31.4 Å². The van der Waals surface area contributed by atoms with Crippen molar-refractivity contribution >= 4 is 16.0 Å². The van der Waals surface area contributed by atoms with Crippen molar-refractivity contribution in [2.75, 3.05) is 26.7 Å². The molecule has 0 aliphatic carbocycles. The molecule has 1 aromatic carbocycles. The average molecular weight is 312 g/mol. The molecule has 1 heterocycles. The summed E-state index contributed by atoms with van der Waals surface area (Å²) in [7, 11) is -2.25. The fourth-order valence-electron chi connectivity index (χ4n) is 2.28. The number of hydrogen-bond donors (Lipinski definition) is 2. The molecule has 0 radical (unpaired) electrons. The summed E-state index contributed by atoms with van der Waals surface area (Å²) in [6.45, 7) is 2.31. The van der Waals surface area contributed by atoms with Crippen molar-refractivity contribution in [2.45, 2.75) is 17.7 Å². The number of sulfonamides is 1. The van der Waals surface area contributed by atoms with Gasteiger partial charge in [-0.2, -0.15) is 0 Å². The summed E-state index contributed by atoms with van der Waals surface area (Å²) in [5.41, 5.74) is 0.329. The highest BCUT2D eigenvalue weighted by Gasteiger charge is 2.19. The van der Waals surface area contributed by atoms with Crippen LogP contribution in [-0.4, -0.2) is 41.1 Å². The number of piperidine rings is 1. The molecular weight excluding hydrogens is 292 g/mol. The number of benzene rings is 1. The maximum absolute atomic E-state index is 12.2. The second kappa shape index (κ2) is 7.02. The number of carbonyl (C=O) groups excluding carboxylic acids is 1. The number of rotatable bonds is 5. The van der Waals surface area contributed by atoms with Crippen LogP contribution in [0.15, 0.2) is 29.2 Å². The molecule has 1 aromatic rings. The zero-order valence-electron chi connectivity index (χ0n) is 12.0. The van der Waals surface area contributed by atoms with Gasteiger partial charge >= 0.3 is 5.97 Å². The van der Waals surface area contributed by atoms with Crippen molar-refractivity contribution in [1.29, 1.82) is 0 Å². The molecule has 0 atom stereocenters. The zero-order valence-corrected chi connectivity index (χ0v) is 12.8. The fourth-order valence-corrected chi connectivity index (χ4v) is 3.40. The summed E-state index contributed by atoms with van der Waals surface area (Å²) in [6.07, 6.45) is 1.95. The number of methoxy groups -OCH3 is 1. The molecule has 21 heavy (non-hydrogen) atoms. The van der Waals surface area contributed by atoms with E-state index in [4.69, 9.17) is 0 Å². The van der Waals surface area contributed by atoms with Crippen LogP contribution >= 0.6 is 0 Å². The van der Waals surface area contributed by atoms with Gasteiger partial charge in [-0.05, 0) is 56.1 Å². The van der Waals surface area contributed by atoms with Crippen LogP contribution in [0.2, 0.25) is 0 Å². The Labute approximate surface area is 124 Å². The Morgan fingerprint density at radius 2 is 1.90 bits per heavy atom. The summed E-state index contributed by atoms with van der Waals surface area (Å²) in [5, 5.41) is 3.24. The monoisotopic (exact) mass is 312 g/mol. The van der Waals surface area contributed by atoms with Gasteiger partial charge in [0.1, 0.15) is 0 Å². The lowest BCUT2D eigenvalue weighted by Crippen LogP contribution is -2.35. The molecule has 0 aromatic heterocycles. The molecule has 116 valence electrons. The first-order valence-electron chi connectivity index (χ1n) is 6.91. The second-order valence-corrected chi connectivity index (χ2v) is 6.83. The van der Waals surface area contributed by atoms with E-state index in [0.717, 1.165) is 25.9 Å². The molecule has 0 amide bonds. The molecule has 0 spiro atoms. The third-order valence-corrected chi connectivity index (χ3v) is 5.05. The normalized spacial score (nSPS) is 16.6. The van der Waals surface area contributed by atoms with Crippen molar-refractivity contribution in [2.24, 2.45) is 5.92 Å². The summed E-state index contributed by atoms with van der Waals surface area (Å²) >= 11 is 0. The number of esters is 1. The zero-order chi connectivity index (χ0) is 15.3. The lowest BCUT2D eigenvalue weighted by molar-refractivity contribution is 0.0600. The molecule has 1 fully saturated rings. The summed E-state index contributed by atoms with van der Waals surface area (Å²) in [5.74, 6) is -0.114. The highest BCUT2D eigenvalue weighted by Crippen LogP contribution is 2.14. The number of nitrogens with one attached hydrogen (secondary N) is 2. The van der Waals surface area contributed by atoms with Crippen LogP contribution in [0.1, 0.15) is 23.2 Å². The first kappa shape index (κ1) is 15.9. The molecule has 1 aliphatic heterocycles. The second-order valence-electron chi connectivity index (χ2n) is 5.06. The van der Waals surface area contributed by atoms with Crippen LogP contribution in [0, 0.1) is 5.92 Å². The van der Waals surface area contributed by atoms with Gasteiger partial charge in [0.05, 0.1) is 17.6 Å². The molecule has 0 bridgehead atoms. The van der Waals surface area contributed by atoms with Crippen LogP contribution in [0.3, 0.4) is 0 Å². The van der Waals surface area contributed by atoms with E-state index in [1.54, 1.807) is 0 Å². The van der Waals surface area contributed by atoms with Crippen molar-refractivity contribution in [3.8, 4) is 0 Å². The molecular formula is C14H20N2O4S. The Morgan fingerprint density at radius 3 is 2.48 bits per heavy atom. The van der Waals surface area contributed by atoms with Crippen LogP contribution in [0.5, 0.6) is 0 Å². The largest absolute Gasteiger partial charge is 0.465 e. The molecule has 1 saturated heterocycles. The minimum Gasteiger partial charge on any atom is -0.465 e. The van der Waals surface area contributed by atoms with Crippen molar-refractivity contribution < 1.29 is 17.9 Å². The van der Waals surface area contributed by atoms with Gasteiger partial charge in [-0.15, -0.1) is 0 Å². The number of hydrogen-bond acceptors (Lipinski definition) is 5. The third-order valence-electron chi connectivity index (χ3n) is 3.61. The van der Waals surface area contributed by atoms with Crippen molar-refractivity contribution in [3.05, 3.63) is 29.8 Å².